The summed E-state index contributed by atoms with van der Waals surface area (Å²) >= 11 is 1.67. The molecule has 1 N–H and O–H groups in total. The first-order valence-corrected chi connectivity index (χ1v) is 9.19. The molecule has 5 nitrogen and oxygen atoms in total. The number of hydrogen-bond acceptors (Lipinski definition) is 4. The molecule has 18 heavy (non-hydrogen) atoms. The van der Waals surface area contributed by atoms with Gasteiger partial charge in [0.2, 0.25) is 0 Å². The van der Waals surface area contributed by atoms with Crippen molar-refractivity contribution in [1.82, 2.24) is 13.9 Å². The van der Waals surface area contributed by atoms with E-state index in [1.54, 1.807) is 23.1 Å². The molecule has 1 rings (SSSR count). The van der Waals surface area contributed by atoms with Gasteiger partial charge < -0.3 is 5.32 Å². The van der Waals surface area contributed by atoms with Crippen molar-refractivity contribution >= 4 is 22.0 Å². The van der Waals surface area contributed by atoms with Crippen molar-refractivity contribution in [3.8, 4) is 0 Å². The number of nitrogens with one attached hydrogen (secondary N) is 1. The van der Waals surface area contributed by atoms with Gasteiger partial charge in [0.05, 0.1) is 0 Å². The maximum absolute atomic E-state index is 12.5. The zero-order valence-electron chi connectivity index (χ0n) is 11.6. The maximum atomic E-state index is 12.5. The Morgan fingerprint density at radius 3 is 2.78 bits per heavy atom. The number of nitrogens with zero attached hydrogens (tertiary/aromatic N) is 2. The van der Waals surface area contributed by atoms with Crippen LogP contribution < -0.4 is 5.32 Å². The quantitative estimate of drug-likeness (QED) is 0.747. The van der Waals surface area contributed by atoms with Crippen LogP contribution >= 0.6 is 11.8 Å². The Morgan fingerprint density at radius 2 is 2.17 bits per heavy atom. The van der Waals surface area contributed by atoms with Crippen LogP contribution in [0, 0.1) is 0 Å². The van der Waals surface area contributed by atoms with Crippen LogP contribution in [0.4, 0.5) is 0 Å². The molecule has 0 radical (unpaired) electrons. The van der Waals surface area contributed by atoms with Gasteiger partial charge in [0, 0.05) is 38.5 Å². The van der Waals surface area contributed by atoms with Crippen molar-refractivity contribution in [3.63, 3.8) is 0 Å². The highest BCUT2D eigenvalue weighted by Crippen LogP contribution is 2.21. The Labute approximate surface area is 115 Å². The summed E-state index contributed by atoms with van der Waals surface area (Å²) in [4.78, 5) is 0. The molecule has 1 unspecified atom stereocenters. The van der Waals surface area contributed by atoms with Crippen LogP contribution in [0.5, 0.6) is 0 Å². The average molecular weight is 295 g/mol. The third-order valence-corrected chi connectivity index (χ3v) is 5.95. The standard InChI is InChI=1S/C11H25N3O2S2/c1-12-10-11-6-4-5-7-14(11)18(15,16)13(2)8-9-17-3/h11-12H,4-10H2,1-3H3. The summed E-state index contributed by atoms with van der Waals surface area (Å²) < 4.78 is 28.1. The molecule has 0 bridgehead atoms. The molecule has 0 amide bonds. The molecule has 1 atom stereocenters. The van der Waals surface area contributed by atoms with Gasteiger partial charge in [0.15, 0.2) is 0 Å². The lowest BCUT2D eigenvalue weighted by molar-refractivity contribution is 0.234. The second-order valence-corrected chi connectivity index (χ2v) is 7.61. The fraction of sp³-hybridized carbons (Fsp3) is 1.00. The summed E-state index contributed by atoms with van der Waals surface area (Å²) in [5.74, 6) is 0.834. The molecule has 0 spiro atoms. The zero-order valence-corrected chi connectivity index (χ0v) is 13.2. The van der Waals surface area contributed by atoms with Crippen LogP contribution in [0.3, 0.4) is 0 Å². The topological polar surface area (TPSA) is 52.7 Å². The van der Waals surface area contributed by atoms with E-state index in [0.717, 1.165) is 31.6 Å². The van der Waals surface area contributed by atoms with Crippen LogP contribution in [-0.2, 0) is 10.2 Å². The zero-order chi connectivity index (χ0) is 13.6. The van der Waals surface area contributed by atoms with Crippen molar-refractivity contribution in [2.45, 2.75) is 25.3 Å². The van der Waals surface area contributed by atoms with Gasteiger partial charge in [0.1, 0.15) is 0 Å². The average Bonchev–Trinajstić information content (AvgIpc) is 2.36. The molecule has 0 saturated carbocycles. The van der Waals surface area contributed by atoms with Gasteiger partial charge in [0.25, 0.3) is 10.2 Å². The fourth-order valence-corrected chi connectivity index (χ4v) is 4.40. The third-order valence-electron chi connectivity index (χ3n) is 3.31. The highest BCUT2D eigenvalue weighted by atomic mass is 32.2. The number of rotatable bonds is 7. The lowest BCUT2D eigenvalue weighted by Crippen LogP contribution is -2.52. The second-order valence-electron chi connectivity index (χ2n) is 4.64. The van der Waals surface area contributed by atoms with E-state index in [1.807, 2.05) is 13.3 Å². The van der Waals surface area contributed by atoms with E-state index >= 15 is 0 Å². The minimum atomic E-state index is -3.29. The SMILES string of the molecule is CNCC1CCCCN1S(=O)(=O)N(C)CCSC. The summed E-state index contributed by atoms with van der Waals surface area (Å²) in [6.07, 6.45) is 5.03. The van der Waals surface area contributed by atoms with Crippen LogP contribution in [0.15, 0.2) is 0 Å². The van der Waals surface area contributed by atoms with Crippen molar-refractivity contribution in [2.75, 3.05) is 45.7 Å². The molecule has 1 saturated heterocycles. The number of likely N-dealkylation sites (N-methyl/N-ethyl adjacent to an activating group) is 1. The largest absolute Gasteiger partial charge is 0.318 e. The third kappa shape index (κ3) is 4.09. The minimum absolute atomic E-state index is 0.102. The maximum Gasteiger partial charge on any atom is 0.282 e. The minimum Gasteiger partial charge on any atom is -0.318 e. The fourth-order valence-electron chi connectivity index (χ4n) is 2.23. The summed E-state index contributed by atoms with van der Waals surface area (Å²) in [6.45, 7) is 1.96. The predicted octanol–water partition coefficient (Wildman–Crippen LogP) is 0.600. The molecule has 1 fully saturated rings. The molecule has 108 valence electrons. The smallest absolute Gasteiger partial charge is 0.282 e. The number of hydrogen-bond donors (Lipinski definition) is 1. The van der Waals surface area contributed by atoms with Gasteiger partial charge in [-0.15, -0.1) is 0 Å². The first-order chi connectivity index (χ1) is 8.54. The molecule has 1 heterocycles. The van der Waals surface area contributed by atoms with Crippen LogP contribution in [0.2, 0.25) is 0 Å². The van der Waals surface area contributed by atoms with Gasteiger partial charge in [-0.05, 0) is 26.1 Å². The van der Waals surface area contributed by atoms with E-state index in [-0.39, 0.29) is 6.04 Å². The molecule has 0 aromatic carbocycles. The number of piperidine rings is 1. The van der Waals surface area contributed by atoms with Crippen LogP contribution in [0.25, 0.3) is 0 Å². The van der Waals surface area contributed by atoms with E-state index < -0.39 is 10.2 Å². The first kappa shape index (κ1) is 16.2. The van der Waals surface area contributed by atoms with E-state index in [1.165, 1.54) is 4.31 Å². The van der Waals surface area contributed by atoms with E-state index in [0.29, 0.717) is 13.1 Å². The highest BCUT2D eigenvalue weighted by Gasteiger charge is 2.34. The predicted molar refractivity (Wildman–Crippen MR) is 78.2 cm³/mol. The Kier molecular flexibility index (Phi) is 6.94. The highest BCUT2D eigenvalue weighted by molar-refractivity contribution is 7.98. The van der Waals surface area contributed by atoms with E-state index in [2.05, 4.69) is 5.32 Å². The molecular weight excluding hydrogens is 270 g/mol. The monoisotopic (exact) mass is 295 g/mol. The normalized spacial score (nSPS) is 22.6. The Morgan fingerprint density at radius 1 is 1.44 bits per heavy atom. The molecule has 1 aliphatic rings. The Bertz CT molecular complexity index is 333. The molecular formula is C11H25N3O2S2. The van der Waals surface area contributed by atoms with Crippen molar-refractivity contribution in [1.29, 1.82) is 0 Å². The summed E-state index contributed by atoms with van der Waals surface area (Å²) in [5.41, 5.74) is 0. The van der Waals surface area contributed by atoms with Gasteiger partial charge in [-0.2, -0.15) is 28.8 Å². The van der Waals surface area contributed by atoms with Gasteiger partial charge in [-0.1, -0.05) is 6.42 Å². The van der Waals surface area contributed by atoms with Gasteiger partial charge >= 0.3 is 0 Å². The second kappa shape index (κ2) is 7.69. The Balaban J connectivity index is 2.73. The molecule has 0 aliphatic carbocycles. The molecule has 0 aromatic rings. The van der Waals surface area contributed by atoms with Crippen molar-refractivity contribution in [3.05, 3.63) is 0 Å². The molecule has 7 heteroatoms. The number of thioether (sulfide) groups is 1. The lowest BCUT2D eigenvalue weighted by atomic mass is 10.1. The molecule has 0 aromatic heterocycles. The van der Waals surface area contributed by atoms with Crippen molar-refractivity contribution in [2.24, 2.45) is 0 Å². The van der Waals surface area contributed by atoms with Gasteiger partial charge in [-0.25, -0.2) is 0 Å². The van der Waals surface area contributed by atoms with E-state index in [4.69, 9.17) is 0 Å². The molecule has 1 aliphatic heterocycles. The Hall–Kier alpha value is 0.180. The van der Waals surface area contributed by atoms with E-state index in [9.17, 15) is 8.42 Å². The summed E-state index contributed by atoms with van der Waals surface area (Å²) in [5, 5.41) is 3.09. The van der Waals surface area contributed by atoms with Crippen LogP contribution in [-0.4, -0.2) is 68.8 Å². The van der Waals surface area contributed by atoms with Crippen molar-refractivity contribution < 1.29 is 8.42 Å². The summed E-state index contributed by atoms with van der Waals surface area (Å²) in [6, 6.07) is 0.102. The van der Waals surface area contributed by atoms with Gasteiger partial charge in [-0.3, -0.25) is 0 Å². The summed E-state index contributed by atoms with van der Waals surface area (Å²) in [7, 11) is 0.257. The van der Waals surface area contributed by atoms with Crippen LogP contribution in [0.1, 0.15) is 19.3 Å². The lowest BCUT2D eigenvalue weighted by Gasteiger charge is -2.36. The first-order valence-electron chi connectivity index (χ1n) is 6.40.